The molecule has 0 saturated carbocycles. The van der Waals surface area contributed by atoms with Crippen LogP contribution in [0.4, 0.5) is 4.39 Å². The molecule has 1 atom stereocenters. The molecule has 0 spiro atoms. The zero-order valence-electron chi connectivity index (χ0n) is 11.8. The second-order valence-corrected chi connectivity index (χ2v) is 5.18. The largest absolute Gasteiger partial charge is 0.383 e. The van der Waals surface area contributed by atoms with Crippen LogP contribution in [0.2, 0.25) is 0 Å². The molecule has 0 bridgehead atoms. The number of halogens is 1. The van der Waals surface area contributed by atoms with Crippen molar-refractivity contribution in [2.75, 3.05) is 40.4 Å². The van der Waals surface area contributed by atoms with Gasteiger partial charge in [-0.05, 0) is 43.1 Å². The molecule has 0 fully saturated rings. The van der Waals surface area contributed by atoms with Gasteiger partial charge in [-0.15, -0.1) is 0 Å². The Labute approximate surface area is 114 Å². The Kier molecular flexibility index (Phi) is 5.31. The molecule has 1 N–H and O–H groups in total. The third kappa shape index (κ3) is 4.00. The standard InChI is InChI=1S/C15H23FN2O/c1-18(9-10-19-2)8-7-17-15-6-3-12-11-13(16)4-5-14(12)15/h4-5,11,15,17H,3,6-10H2,1-2H3. The monoisotopic (exact) mass is 266 g/mol. The van der Waals surface area contributed by atoms with Gasteiger partial charge in [-0.3, -0.25) is 0 Å². The Morgan fingerprint density at radius 3 is 3.05 bits per heavy atom. The maximum Gasteiger partial charge on any atom is 0.123 e. The molecule has 0 aliphatic heterocycles. The highest BCUT2D eigenvalue weighted by Crippen LogP contribution is 2.31. The molecule has 3 nitrogen and oxygen atoms in total. The van der Waals surface area contributed by atoms with E-state index in [1.807, 2.05) is 6.07 Å². The highest BCUT2D eigenvalue weighted by Gasteiger charge is 2.21. The van der Waals surface area contributed by atoms with Crippen LogP contribution in [0.15, 0.2) is 18.2 Å². The average Bonchev–Trinajstić information content (AvgIpc) is 2.79. The van der Waals surface area contributed by atoms with E-state index in [2.05, 4.69) is 17.3 Å². The number of hydrogen-bond acceptors (Lipinski definition) is 3. The molecule has 1 aliphatic rings. The molecule has 0 radical (unpaired) electrons. The van der Waals surface area contributed by atoms with Gasteiger partial charge < -0.3 is 15.0 Å². The zero-order valence-corrected chi connectivity index (χ0v) is 11.8. The van der Waals surface area contributed by atoms with Crippen LogP contribution in [0.5, 0.6) is 0 Å². The fourth-order valence-electron chi connectivity index (χ4n) is 2.59. The summed E-state index contributed by atoms with van der Waals surface area (Å²) < 4.78 is 18.2. The number of methoxy groups -OCH3 is 1. The van der Waals surface area contributed by atoms with E-state index in [4.69, 9.17) is 4.74 Å². The summed E-state index contributed by atoms with van der Waals surface area (Å²) in [5.74, 6) is -0.126. The summed E-state index contributed by atoms with van der Waals surface area (Å²) in [5, 5.41) is 3.56. The Bertz CT molecular complexity index is 411. The molecule has 106 valence electrons. The van der Waals surface area contributed by atoms with Gasteiger partial charge in [0, 0.05) is 32.8 Å². The average molecular weight is 266 g/mol. The number of hydrogen-bond donors (Lipinski definition) is 1. The number of ether oxygens (including phenoxy) is 1. The van der Waals surface area contributed by atoms with Crippen LogP contribution in [-0.2, 0) is 11.2 Å². The van der Waals surface area contributed by atoms with E-state index in [0.29, 0.717) is 6.04 Å². The Morgan fingerprint density at radius 2 is 2.26 bits per heavy atom. The summed E-state index contributed by atoms with van der Waals surface area (Å²) in [7, 11) is 3.82. The summed E-state index contributed by atoms with van der Waals surface area (Å²) in [5.41, 5.74) is 2.42. The number of likely N-dealkylation sites (N-methyl/N-ethyl adjacent to an activating group) is 1. The van der Waals surface area contributed by atoms with Crippen molar-refractivity contribution in [3.05, 3.63) is 35.1 Å². The second-order valence-electron chi connectivity index (χ2n) is 5.18. The van der Waals surface area contributed by atoms with Crippen LogP contribution in [0.25, 0.3) is 0 Å². The molecule has 0 saturated heterocycles. The number of nitrogens with one attached hydrogen (secondary N) is 1. The van der Waals surface area contributed by atoms with E-state index in [1.165, 1.54) is 5.56 Å². The van der Waals surface area contributed by atoms with Gasteiger partial charge in [0.2, 0.25) is 0 Å². The highest BCUT2D eigenvalue weighted by atomic mass is 19.1. The predicted octanol–water partition coefficient (Wildman–Crippen LogP) is 1.98. The minimum Gasteiger partial charge on any atom is -0.383 e. The maximum atomic E-state index is 13.1. The summed E-state index contributed by atoms with van der Waals surface area (Å²) in [6.45, 7) is 3.66. The quantitative estimate of drug-likeness (QED) is 0.817. The number of fused-ring (bicyclic) bond motifs is 1. The molecule has 1 aromatic rings. The van der Waals surface area contributed by atoms with Gasteiger partial charge in [0.05, 0.1) is 6.61 Å². The molecule has 0 heterocycles. The molecule has 2 rings (SSSR count). The number of nitrogens with zero attached hydrogens (tertiary/aromatic N) is 1. The first kappa shape index (κ1) is 14.4. The maximum absolute atomic E-state index is 13.1. The Hall–Kier alpha value is -0.970. The lowest BCUT2D eigenvalue weighted by Gasteiger charge is -2.19. The lowest BCUT2D eigenvalue weighted by molar-refractivity contribution is 0.161. The third-order valence-corrected chi connectivity index (χ3v) is 3.74. The Balaban J connectivity index is 1.77. The first-order valence-corrected chi connectivity index (χ1v) is 6.90. The summed E-state index contributed by atoms with van der Waals surface area (Å²) in [6, 6.07) is 5.53. The summed E-state index contributed by atoms with van der Waals surface area (Å²) in [6.07, 6.45) is 2.05. The van der Waals surface area contributed by atoms with Crippen molar-refractivity contribution in [2.24, 2.45) is 0 Å². The summed E-state index contributed by atoms with van der Waals surface area (Å²) >= 11 is 0. The number of rotatable bonds is 7. The predicted molar refractivity (Wildman–Crippen MR) is 74.8 cm³/mol. The molecule has 19 heavy (non-hydrogen) atoms. The molecule has 1 aromatic carbocycles. The molecule has 4 heteroatoms. The van der Waals surface area contributed by atoms with E-state index in [0.717, 1.165) is 44.6 Å². The van der Waals surface area contributed by atoms with Crippen LogP contribution in [-0.4, -0.2) is 45.3 Å². The van der Waals surface area contributed by atoms with Crippen molar-refractivity contribution >= 4 is 0 Å². The fraction of sp³-hybridized carbons (Fsp3) is 0.600. The van der Waals surface area contributed by atoms with Gasteiger partial charge in [0.15, 0.2) is 0 Å². The van der Waals surface area contributed by atoms with Crippen LogP contribution in [0.1, 0.15) is 23.6 Å². The van der Waals surface area contributed by atoms with Gasteiger partial charge in [-0.25, -0.2) is 4.39 Å². The van der Waals surface area contributed by atoms with E-state index in [9.17, 15) is 4.39 Å². The lowest BCUT2D eigenvalue weighted by Crippen LogP contribution is -2.32. The molecule has 0 aromatic heterocycles. The smallest absolute Gasteiger partial charge is 0.123 e. The normalized spacial score (nSPS) is 18.0. The van der Waals surface area contributed by atoms with Crippen LogP contribution in [0.3, 0.4) is 0 Å². The second kappa shape index (κ2) is 6.98. The molecule has 1 unspecified atom stereocenters. The van der Waals surface area contributed by atoms with E-state index in [-0.39, 0.29) is 5.82 Å². The van der Waals surface area contributed by atoms with Crippen molar-refractivity contribution in [1.29, 1.82) is 0 Å². The SMILES string of the molecule is COCCN(C)CCNC1CCc2cc(F)ccc21. The van der Waals surface area contributed by atoms with Gasteiger partial charge in [0.1, 0.15) is 5.82 Å². The first-order chi connectivity index (χ1) is 9.20. The van der Waals surface area contributed by atoms with Crippen LogP contribution < -0.4 is 5.32 Å². The van der Waals surface area contributed by atoms with Crippen LogP contribution in [0, 0.1) is 5.82 Å². The van der Waals surface area contributed by atoms with Gasteiger partial charge >= 0.3 is 0 Å². The zero-order chi connectivity index (χ0) is 13.7. The third-order valence-electron chi connectivity index (χ3n) is 3.74. The molecule has 0 amide bonds. The number of benzene rings is 1. The van der Waals surface area contributed by atoms with E-state index < -0.39 is 0 Å². The van der Waals surface area contributed by atoms with Crippen LogP contribution >= 0.6 is 0 Å². The van der Waals surface area contributed by atoms with E-state index >= 15 is 0 Å². The fourth-order valence-corrected chi connectivity index (χ4v) is 2.59. The van der Waals surface area contributed by atoms with Gasteiger partial charge in [-0.1, -0.05) is 6.07 Å². The molecular weight excluding hydrogens is 243 g/mol. The van der Waals surface area contributed by atoms with Crippen molar-refractivity contribution in [2.45, 2.75) is 18.9 Å². The van der Waals surface area contributed by atoms with Crippen molar-refractivity contribution in [1.82, 2.24) is 10.2 Å². The minimum absolute atomic E-state index is 0.126. The van der Waals surface area contributed by atoms with Crippen molar-refractivity contribution < 1.29 is 9.13 Å². The lowest BCUT2D eigenvalue weighted by atomic mass is 10.1. The minimum atomic E-state index is -0.126. The summed E-state index contributed by atoms with van der Waals surface area (Å²) in [4.78, 5) is 2.25. The number of aryl methyl sites for hydroxylation is 1. The van der Waals surface area contributed by atoms with Crippen molar-refractivity contribution in [3.63, 3.8) is 0 Å². The highest BCUT2D eigenvalue weighted by molar-refractivity contribution is 5.34. The van der Waals surface area contributed by atoms with E-state index in [1.54, 1.807) is 19.2 Å². The first-order valence-electron chi connectivity index (χ1n) is 6.90. The molecular formula is C15H23FN2O. The molecule has 1 aliphatic carbocycles. The van der Waals surface area contributed by atoms with Crippen molar-refractivity contribution in [3.8, 4) is 0 Å². The van der Waals surface area contributed by atoms with Gasteiger partial charge in [-0.2, -0.15) is 0 Å². The Morgan fingerprint density at radius 1 is 1.42 bits per heavy atom. The topological polar surface area (TPSA) is 24.5 Å². The van der Waals surface area contributed by atoms with Gasteiger partial charge in [0.25, 0.3) is 0 Å².